The lowest BCUT2D eigenvalue weighted by atomic mass is 10.2. The SMILES string of the molecule is CC(C)(C)OC(=O)Nc1ccsc1C(N)=O. The van der Waals surface area contributed by atoms with E-state index in [1.807, 2.05) is 0 Å². The van der Waals surface area contributed by atoms with Crippen LogP contribution in [0.25, 0.3) is 0 Å². The van der Waals surface area contributed by atoms with Gasteiger partial charge in [-0.15, -0.1) is 11.3 Å². The minimum atomic E-state index is -0.603. The van der Waals surface area contributed by atoms with Crippen LogP contribution in [0.15, 0.2) is 11.4 Å². The fourth-order valence-corrected chi connectivity index (χ4v) is 1.71. The van der Waals surface area contributed by atoms with Gasteiger partial charge in [-0.3, -0.25) is 10.1 Å². The monoisotopic (exact) mass is 242 g/mol. The Morgan fingerprint density at radius 2 is 2.06 bits per heavy atom. The maximum atomic E-state index is 11.4. The Morgan fingerprint density at radius 1 is 1.44 bits per heavy atom. The predicted molar refractivity (Wildman–Crippen MR) is 62.7 cm³/mol. The highest BCUT2D eigenvalue weighted by atomic mass is 32.1. The van der Waals surface area contributed by atoms with Gasteiger partial charge in [-0.05, 0) is 32.2 Å². The largest absolute Gasteiger partial charge is 0.444 e. The van der Waals surface area contributed by atoms with Crippen LogP contribution in [0.4, 0.5) is 10.5 Å². The first-order valence-corrected chi connectivity index (χ1v) is 5.55. The number of anilines is 1. The number of primary amides is 1. The lowest BCUT2D eigenvalue weighted by Gasteiger charge is -2.19. The van der Waals surface area contributed by atoms with Gasteiger partial charge in [0.05, 0.1) is 5.69 Å². The number of hydrogen-bond donors (Lipinski definition) is 2. The van der Waals surface area contributed by atoms with E-state index in [1.165, 1.54) is 11.3 Å². The van der Waals surface area contributed by atoms with Crippen molar-refractivity contribution < 1.29 is 14.3 Å². The Labute approximate surface area is 97.6 Å². The molecule has 1 rings (SSSR count). The normalized spacial score (nSPS) is 10.9. The molecule has 0 radical (unpaired) electrons. The molecule has 0 saturated carbocycles. The molecule has 6 heteroatoms. The van der Waals surface area contributed by atoms with E-state index in [9.17, 15) is 9.59 Å². The molecule has 3 N–H and O–H groups in total. The fraction of sp³-hybridized carbons (Fsp3) is 0.400. The van der Waals surface area contributed by atoms with Crippen molar-refractivity contribution in [2.45, 2.75) is 26.4 Å². The van der Waals surface area contributed by atoms with Gasteiger partial charge in [-0.2, -0.15) is 0 Å². The maximum Gasteiger partial charge on any atom is 0.412 e. The number of thiophene rings is 1. The zero-order valence-electron chi connectivity index (χ0n) is 9.37. The van der Waals surface area contributed by atoms with Gasteiger partial charge in [0.15, 0.2) is 0 Å². The summed E-state index contributed by atoms with van der Waals surface area (Å²) in [5, 5.41) is 4.15. The third-order valence-electron chi connectivity index (χ3n) is 1.52. The summed E-state index contributed by atoms with van der Waals surface area (Å²) >= 11 is 1.17. The van der Waals surface area contributed by atoms with Crippen LogP contribution in [0.5, 0.6) is 0 Å². The quantitative estimate of drug-likeness (QED) is 0.834. The first-order valence-electron chi connectivity index (χ1n) is 4.67. The molecule has 16 heavy (non-hydrogen) atoms. The lowest BCUT2D eigenvalue weighted by Crippen LogP contribution is -2.27. The van der Waals surface area contributed by atoms with E-state index in [0.29, 0.717) is 10.6 Å². The molecule has 1 heterocycles. The van der Waals surface area contributed by atoms with Gasteiger partial charge in [0.25, 0.3) is 5.91 Å². The molecule has 0 saturated heterocycles. The summed E-state index contributed by atoms with van der Waals surface area (Å²) in [6.07, 6.45) is -0.603. The highest BCUT2D eigenvalue weighted by molar-refractivity contribution is 7.12. The summed E-state index contributed by atoms with van der Waals surface area (Å²) in [5.74, 6) is -0.568. The molecule has 88 valence electrons. The highest BCUT2D eigenvalue weighted by Crippen LogP contribution is 2.22. The van der Waals surface area contributed by atoms with E-state index in [-0.39, 0.29) is 0 Å². The van der Waals surface area contributed by atoms with Crippen molar-refractivity contribution in [2.24, 2.45) is 5.73 Å². The molecule has 2 amide bonds. The van der Waals surface area contributed by atoms with Crippen molar-refractivity contribution in [2.75, 3.05) is 5.32 Å². The second-order valence-electron chi connectivity index (χ2n) is 4.15. The third-order valence-corrected chi connectivity index (χ3v) is 2.45. The average Bonchev–Trinajstić information content (AvgIpc) is 2.47. The fourth-order valence-electron chi connectivity index (χ4n) is 1.01. The lowest BCUT2D eigenvalue weighted by molar-refractivity contribution is 0.0636. The molecule has 0 aliphatic heterocycles. The number of nitrogens with two attached hydrogens (primary N) is 1. The smallest absolute Gasteiger partial charge is 0.412 e. The van der Waals surface area contributed by atoms with Crippen molar-refractivity contribution in [1.29, 1.82) is 0 Å². The van der Waals surface area contributed by atoms with Crippen LogP contribution >= 0.6 is 11.3 Å². The number of nitrogens with one attached hydrogen (secondary N) is 1. The third kappa shape index (κ3) is 3.54. The van der Waals surface area contributed by atoms with Crippen LogP contribution < -0.4 is 11.1 Å². The molecule has 0 aromatic carbocycles. The van der Waals surface area contributed by atoms with Crippen LogP contribution in [0.3, 0.4) is 0 Å². The minimum absolute atomic E-state index is 0.311. The topological polar surface area (TPSA) is 81.4 Å². The number of amides is 2. The molecule has 0 aliphatic rings. The van der Waals surface area contributed by atoms with E-state index in [0.717, 1.165) is 0 Å². The van der Waals surface area contributed by atoms with Crippen molar-refractivity contribution in [1.82, 2.24) is 0 Å². The predicted octanol–water partition coefficient (Wildman–Crippen LogP) is 2.19. The second-order valence-corrected chi connectivity index (χ2v) is 5.07. The summed E-state index contributed by atoms with van der Waals surface area (Å²) in [7, 11) is 0. The Kier molecular flexibility index (Phi) is 3.54. The molecule has 0 unspecified atom stereocenters. The molecule has 5 nitrogen and oxygen atoms in total. The molecule has 1 aromatic heterocycles. The van der Waals surface area contributed by atoms with Gasteiger partial charge < -0.3 is 10.5 Å². The highest BCUT2D eigenvalue weighted by Gasteiger charge is 2.18. The molecular weight excluding hydrogens is 228 g/mol. The van der Waals surface area contributed by atoms with Crippen molar-refractivity contribution in [3.05, 3.63) is 16.3 Å². The van der Waals surface area contributed by atoms with Crippen molar-refractivity contribution in [3.63, 3.8) is 0 Å². The molecule has 0 fully saturated rings. The van der Waals surface area contributed by atoms with E-state index < -0.39 is 17.6 Å². The second kappa shape index (κ2) is 4.52. The number of carbonyl (C=O) groups excluding carboxylic acids is 2. The Hall–Kier alpha value is -1.56. The van der Waals surface area contributed by atoms with Crippen LogP contribution in [-0.2, 0) is 4.74 Å². The molecular formula is C10H14N2O3S. The average molecular weight is 242 g/mol. The van der Waals surface area contributed by atoms with Gasteiger partial charge in [-0.25, -0.2) is 4.79 Å². The van der Waals surface area contributed by atoms with Crippen molar-refractivity contribution in [3.8, 4) is 0 Å². The van der Waals surface area contributed by atoms with E-state index >= 15 is 0 Å². The van der Waals surface area contributed by atoms with E-state index in [1.54, 1.807) is 32.2 Å². The number of ether oxygens (including phenoxy) is 1. The molecule has 0 atom stereocenters. The Morgan fingerprint density at radius 3 is 2.56 bits per heavy atom. The molecule has 0 spiro atoms. The van der Waals surface area contributed by atoms with Crippen LogP contribution in [0, 0.1) is 0 Å². The van der Waals surface area contributed by atoms with E-state index in [2.05, 4.69) is 5.32 Å². The molecule has 0 aliphatic carbocycles. The summed E-state index contributed by atoms with van der Waals surface area (Å²) in [6, 6.07) is 1.61. The minimum Gasteiger partial charge on any atom is -0.444 e. The summed E-state index contributed by atoms with van der Waals surface area (Å²) in [4.78, 5) is 22.7. The van der Waals surface area contributed by atoms with Crippen LogP contribution in [-0.4, -0.2) is 17.6 Å². The molecule has 0 bridgehead atoms. The van der Waals surface area contributed by atoms with Gasteiger partial charge >= 0.3 is 6.09 Å². The van der Waals surface area contributed by atoms with Gasteiger partial charge in [-0.1, -0.05) is 0 Å². The Balaban J connectivity index is 2.70. The first kappa shape index (κ1) is 12.5. The van der Waals surface area contributed by atoms with Crippen LogP contribution in [0.2, 0.25) is 0 Å². The van der Waals surface area contributed by atoms with Gasteiger partial charge in [0.1, 0.15) is 10.5 Å². The summed E-state index contributed by atoms with van der Waals surface area (Å²) in [5.41, 5.74) is 4.95. The number of hydrogen-bond acceptors (Lipinski definition) is 4. The van der Waals surface area contributed by atoms with Gasteiger partial charge in [0.2, 0.25) is 0 Å². The zero-order valence-corrected chi connectivity index (χ0v) is 10.2. The molecule has 1 aromatic rings. The van der Waals surface area contributed by atoms with Gasteiger partial charge in [0, 0.05) is 0 Å². The van der Waals surface area contributed by atoms with Crippen LogP contribution in [0.1, 0.15) is 30.4 Å². The number of rotatable bonds is 2. The summed E-state index contributed by atoms with van der Waals surface area (Å²) < 4.78 is 5.05. The standard InChI is InChI=1S/C10H14N2O3S/c1-10(2,3)15-9(14)12-6-4-5-16-7(6)8(11)13/h4-5H,1-3H3,(H2,11,13)(H,12,14). The summed E-state index contributed by atoms with van der Waals surface area (Å²) in [6.45, 7) is 5.28. The Bertz CT molecular complexity index is 406. The number of carbonyl (C=O) groups is 2. The first-order chi connectivity index (χ1) is 7.29. The maximum absolute atomic E-state index is 11.4. The zero-order chi connectivity index (χ0) is 12.3. The van der Waals surface area contributed by atoms with E-state index in [4.69, 9.17) is 10.5 Å². The van der Waals surface area contributed by atoms with Crippen molar-refractivity contribution >= 4 is 29.0 Å².